The SMILES string of the molecule is C#Cc1c(F)ccc2cc(NC=O)cc(C(C)C)c12.CC.CC=O.COCOC. The first-order valence-electron chi connectivity index (χ1n) is 9.22. The Balaban J connectivity index is 0. The molecule has 1 N–H and O–H groups in total. The van der Waals surface area contributed by atoms with Gasteiger partial charge in [0.15, 0.2) is 0 Å². The Labute approximate surface area is 173 Å². The van der Waals surface area contributed by atoms with Crippen molar-refractivity contribution < 1.29 is 23.5 Å². The van der Waals surface area contributed by atoms with Crippen LogP contribution in [0.3, 0.4) is 0 Å². The highest BCUT2D eigenvalue weighted by Crippen LogP contribution is 2.32. The maximum absolute atomic E-state index is 13.8. The summed E-state index contributed by atoms with van der Waals surface area (Å²) in [6, 6.07) is 6.65. The second-order valence-electron chi connectivity index (χ2n) is 5.58. The number of aldehydes is 1. The van der Waals surface area contributed by atoms with Crippen LogP contribution >= 0.6 is 0 Å². The van der Waals surface area contributed by atoms with E-state index in [-0.39, 0.29) is 11.5 Å². The molecule has 0 spiro atoms. The number of hydrogen-bond acceptors (Lipinski definition) is 4. The van der Waals surface area contributed by atoms with Crippen LogP contribution in [0.25, 0.3) is 10.8 Å². The monoisotopic (exact) mass is 405 g/mol. The molecule has 0 saturated carbocycles. The van der Waals surface area contributed by atoms with E-state index in [1.165, 1.54) is 13.0 Å². The van der Waals surface area contributed by atoms with Crippen molar-refractivity contribution in [3.8, 4) is 12.3 Å². The third-order valence-electron chi connectivity index (χ3n) is 3.33. The zero-order chi connectivity index (χ0) is 22.8. The summed E-state index contributed by atoms with van der Waals surface area (Å²) in [6.45, 7) is 9.84. The fraction of sp³-hybridized carbons (Fsp3) is 0.391. The lowest BCUT2D eigenvalue weighted by Gasteiger charge is -2.14. The topological polar surface area (TPSA) is 64.6 Å². The van der Waals surface area contributed by atoms with Crippen molar-refractivity contribution in [1.82, 2.24) is 0 Å². The molecule has 0 saturated heterocycles. The maximum atomic E-state index is 13.8. The summed E-state index contributed by atoms with van der Waals surface area (Å²) in [7, 11) is 3.17. The Hall–Kier alpha value is -2.75. The summed E-state index contributed by atoms with van der Waals surface area (Å²) >= 11 is 0. The summed E-state index contributed by atoms with van der Waals surface area (Å²) in [5.74, 6) is 2.20. The molecule has 2 aromatic carbocycles. The number of rotatable bonds is 5. The van der Waals surface area contributed by atoms with Crippen LogP contribution in [0.5, 0.6) is 0 Å². The first-order valence-corrected chi connectivity index (χ1v) is 9.22. The number of carbonyl (C=O) groups is 2. The molecule has 0 aliphatic heterocycles. The molecule has 0 atom stereocenters. The van der Waals surface area contributed by atoms with Gasteiger partial charge in [-0.05, 0) is 42.0 Å². The molecular weight excluding hydrogens is 373 g/mol. The van der Waals surface area contributed by atoms with Gasteiger partial charge in [-0.15, -0.1) is 6.42 Å². The van der Waals surface area contributed by atoms with Gasteiger partial charge in [0.25, 0.3) is 0 Å². The van der Waals surface area contributed by atoms with E-state index in [2.05, 4.69) is 20.7 Å². The number of anilines is 1. The van der Waals surface area contributed by atoms with E-state index in [1.54, 1.807) is 26.4 Å². The minimum absolute atomic E-state index is 0.171. The van der Waals surface area contributed by atoms with Crippen LogP contribution in [0.4, 0.5) is 10.1 Å². The van der Waals surface area contributed by atoms with Crippen molar-refractivity contribution in [2.45, 2.75) is 40.5 Å². The van der Waals surface area contributed by atoms with Crippen molar-refractivity contribution in [2.24, 2.45) is 0 Å². The Morgan fingerprint density at radius 2 is 1.72 bits per heavy atom. The normalized spacial score (nSPS) is 8.97. The molecule has 0 aromatic heterocycles. The summed E-state index contributed by atoms with van der Waals surface area (Å²) in [5, 5.41) is 4.19. The molecule has 0 unspecified atom stereocenters. The average molecular weight is 406 g/mol. The lowest BCUT2D eigenvalue weighted by Crippen LogP contribution is -1.99. The Morgan fingerprint density at radius 1 is 1.17 bits per heavy atom. The van der Waals surface area contributed by atoms with E-state index >= 15 is 0 Å². The molecule has 5 nitrogen and oxygen atoms in total. The molecule has 0 aliphatic carbocycles. The van der Waals surface area contributed by atoms with Gasteiger partial charge in [0.2, 0.25) is 6.41 Å². The quantitative estimate of drug-likeness (QED) is 0.426. The van der Waals surface area contributed by atoms with E-state index in [0.717, 1.165) is 22.6 Å². The number of amides is 1. The Bertz CT molecular complexity index is 781. The van der Waals surface area contributed by atoms with Crippen molar-refractivity contribution in [2.75, 3.05) is 26.3 Å². The predicted molar refractivity (Wildman–Crippen MR) is 118 cm³/mol. The van der Waals surface area contributed by atoms with E-state index in [9.17, 15) is 9.18 Å². The highest BCUT2D eigenvalue weighted by atomic mass is 19.1. The number of methoxy groups -OCH3 is 2. The summed E-state index contributed by atoms with van der Waals surface area (Å²) < 4.78 is 22.7. The van der Waals surface area contributed by atoms with Gasteiger partial charge in [-0.3, -0.25) is 4.79 Å². The second kappa shape index (κ2) is 17.4. The maximum Gasteiger partial charge on any atom is 0.211 e. The average Bonchev–Trinajstić information content (AvgIpc) is 2.71. The number of halogens is 1. The minimum Gasteiger partial charge on any atom is -0.359 e. The molecule has 2 aromatic rings. The fourth-order valence-corrected chi connectivity index (χ4v) is 2.34. The van der Waals surface area contributed by atoms with E-state index < -0.39 is 5.82 Å². The van der Waals surface area contributed by atoms with Crippen LogP contribution in [-0.4, -0.2) is 33.7 Å². The number of carbonyl (C=O) groups excluding carboxylic acids is 2. The molecule has 2 rings (SSSR count). The third kappa shape index (κ3) is 9.84. The van der Waals surface area contributed by atoms with Crippen LogP contribution < -0.4 is 5.32 Å². The number of benzene rings is 2. The number of terminal acetylenes is 1. The van der Waals surface area contributed by atoms with E-state index in [4.69, 9.17) is 11.2 Å². The van der Waals surface area contributed by atoms with Gasteiger partial charge in [-0.2, -0.15) is 0 Å². The van der Waals surface area contributed by atoms with Crippen LogP contribution in [0.2, 0.25) is 0 Å². The van der Waals surface area contributed by atoms with Crippen molar-refractivity contribution >= 4 is 29.2 Å². The van der Waals surface area contributed by atoms with E-state index in [0.29, 0.717) is 18.9 Å². The molecule has 0 aliphatic rings. The van der Waals surface area contributed by atoms with Crippen molar-refractivity contribution in [3.05, 3.63) is 41.2 Å². The highest BCUT2D eigenvalue weighted by Gasteiger charge is 2.13. The number of hydrogen-bond donors (Lipinski definition) is 1. The van der Waals surface area contributed by atoms with Gasteiger partial charge >= 0.3 is 0 Å². The largest absolute Gasteiger partial charge is 0.359 e. The summed E-state index contributed by atoms with van der Waals surface area (Å²) in [5.41, 5.74) is 1.88. The van der Waals surface area contributed by atoms with Crippen molar-refractivity contribution in [1.29, 1.82) is 0 Å². The van der Waals surface area contributed by atoms with E-state index in [1.807, 2.05) is 33.8 Å². The van der Waals surface area contributed by atoms with Gasteiger partial charge in [0, 0.05) is 25.3 Å². The minimum atomic E-state index is -0.395. The number of fused-ring (bicyclic) bond motifs is 1. The van der Waals surface area contributed by atoms with Gasteiger partial charge in [-0.25, -0.2) is 4.39 Å². The lowest BCUT2D eigenvalue weighted by molar-refractivity contribution is -0.106. The van der Waals surface area contributed by atoms with Gasteiger partial charge in [-0.1, -0.05) is 39.7 Å². The van der Waals surface area contributed by atoms with Crippen molar-refractivity contribution in [3.63, 3.8) is 0 Å². The molecule has 6 heteroatoms. The first-order chi connectivity index (χ1) is 13.9. The molecule has 0 heterocycles. The second-order valence-corrected chi connectivity index (χ2v) is 5.58. The smallest absolute Gasteiger partial charge is 0.211 e. The summed E-state index contributed by atoms with van der Waals surface area (Å²) in [6.07, 6.45) is 6.79. The third-order valence-corrected chi connectivity index (χ3v) is 3.33. The Kier molecular flexibility index (Phi) is 17.0. The molecule has 0 fully saturated rings. The predicted octanol–water partition coefficient (Wildman–Crippen LogP) is 5.12. The molecule has 160 valence electrons. The van der Waals surface area contributed by atoms with Gasteiger partial charge in [0.1, 0.15) is 18.9 Å². The molecular formula is C23H32FNO4. The van der Waals surface area contributed by atoms with Crippen LogP contribution in [-0.2, 0) is 19.1 Å². The zero-order valence-electron chi connectivity index (χ0n) is 18.3. The van der Waals surface area contributed by atoms with Crippen LogP contribution in [0.1, 0.15) is 51.7 Å². The van der Waals surface area contributed by atoms with Crippen LogP contribution in [0, 0.1) is 18.2 Å². The lowest BCUT2D eigenvalue weighted by atomic mass is 9.92. The van der Waals surface area contributed by atoms with Crippen LogP contribution in [0.15, 0.2) is 24.3 Å². The zero-order valence-corrected chi connectivity index (χ0v) is 18.3. The molecule has 0 bridgehead atoms. The fourth-order valence-electron chi connectivity index (χ4n) is 2.34. The number of ether oxygens (including phenoxy) is 2. The molecule has 1 amide bonds. The first kappa shape index (κ1) is 28.5. The molecule has 29 heavy (non-hydrogen) atoms. The van der Waals surface area contributed by atoms with Gasteiger partial charge < -0.3 is 19.6 Å². The standard InChI is InChI=1S/C16H14FNO.C3H8O2.C2H4O.C2H6/c1-4-13-15(17)6-5-11-7-12(18-9-19)8-14(10(2)3)16(11)13;1-4-3-5-2;1-2-3;1-2/h1,5-10H,2-3H3,(H,18,19);3H2,1-2H3;2H,1H3;1-2H3. The summed E-state index contributed by atoms with van der Waals surface area (Å²) in [4.78, 5) is 19.4. The Morgan fingerprint density at radius 3 is 2.10 bits per heavy atom. The highest BCUT2D eigenvalue weighted by molar-refractivity contribution is 5.95. The number of nitrogens with one attached hydrogen (secondary N) is 1. The molecule has 0 radical (unpaired) electrons. The van der Waals surface area contributed by atoms with Gasteiger partial charge in [0.05, 0.1) is 5.56 Å².